The Bertz CT molecular complexity index is 366. The molecule has 0 aromatic heterocycles. The molecule has 0 spiro atoms. The molecule has 0 aliphatic heterocycles. The molecule has 3 nitrogen and oxygen atoms in total. The Morgan fingerprint density at radius 2 is 1.89 bits per heavy atom. The second kappa shape index (κ2) is 8.18. The fourth-order valence-corrected chi connectivity index (χ4v) is 2.46. The monoisotopic (exact) mass is 265 g/mol. The highest BCUT2D eigenvalue weighted by molar-refractivity contribution is 5.34. The molecule has 2 atom stereocenters. The zero-order valence-corrected chi connectivity index (χ0v) is 12.8. The van der Waals surface area contributed by atoms with Gasteiger partial charge in [0.1, 0.15) is 5.75 Å². The maximum Gasteiger partial charge on any atom is 0.122 e. The molecule has 108 valence electrons. The number of benzene rings is 1. The van der Waals surface area contributed by atoms with Crippen molar-refractivity contribution in [2.45, 2.75) is 39.3 Å². The van der Waals surface area contributed by atoms with E-state index < -0.39 is 0 Å². The molecular formula is C16H27NO2. The summed E-state index contributed by atoms with van der Waals surface area (Å²) in [5.74, 6) is 1.42. The van der Waals surface area contributed by atoms with Crippen LogP contribution in [0.3, 0.4) is 0 Å². The molecule has 1 aromatic carbocycles. The van der Waals surface area contributed by atoms with Crippen LogP contribution in [0.5, 0.6) is 5.75 Å². The number of para-hydroxylation sites is 1. The second-order valence-electron chi connectivity index (χ2n) is 5.08. The molecule has 1 aromatic rings. The molecule has 2 unspecified atom stereocenters. The third kappa shape index (κ3) is 4.51. The molecule has 0 fully saturated rings. The third-order valence-electron chi connectivity index (χ3n) is 3.42. The molecule has 0 heterocycles. The fourth-order valence-electron chi connectivity index (χ4n) is 2.46. The van der Waals surface area contributed by atoms with E-state index in [0.717, 1.165) is 18.8 Å². The summed E-state index contributed by atoms with van der Waals surface area (Å²) in [6, 6.07) is 8.46. The molecule has 3 heteroatoms. The largest absolute Gasteiger partial charge is 0.496 e. The van der Waals surface area contributed by atoms with Gasteiger partial charge in [-0.1, -0.05) is 32.0 Å². The maximum absolute atomic E-state index is 5.90. The first-order valence-corrected chi connectivity index (χ1v) is 7.04. The van der Waals surface area contributed by atoms with Crippen molar-refractivity contribution in [1.82, 2.24) is 5.32 Å². The number of ether oxygens (including phenoxy) is 2. The number of nitrogens with one attached hydrogen (secondary N) is 1. The lowest BCUT2D eigenvalue weighted by Gasteiger charge is -2.30. The molecule has 0 amide bonds. The average Bonchev–Trinajstić information content (AvgIpc) is 2.42. The minimum Gasteiger partial charge on any atom is -0.496 e. The van der Waals surface area contributed by atoms with Crippen LogP contribution in [0.15, 0.2) is 24.3 Å². The normalized spacial score (nSPS) is 14.4. The minimum atomic E-state index is 0.208. The highest BCUT2D eigenvalue weighted by Gasteiger charge is 2.24. The van der Waals surface area contributed by atoms with Gasteiger partial charge < -0.3 is 14.8 Å². The SMILES string of the molecule is CCOC(C(C)C)C(Cc1ccccc1OC)NC. The molecule has 0 saturated carbocycles. The molecule has 0 bridgehead atoms. The number of methoxy groups -OCH3 is 1. The third-order valence-corrected chi connectivity index (χ3v) is 3.42. The number of likely N-dealkylation sites (N-methyl/N-ethyl adjacent to an activating group) is 1. The standard InChI is InChI=1S/C16H27NO2/c1-6-19-16(12(2)3)14(17-4)11-13-9-7-8-10-15(13)18-5/h7-10,12,14,16-17H,6,11H2,1-5H3. The molecule has 1 rings (SSSR count). The van der Waals surface area contributed by atoms with Crippen LogP contribution in [0.4, 0.5) is 0 Å². The molecule has 0 aliphatic rings. The van der Waals surface area contributed by atoms with Gasteiger partial charge in [0, 0.05) is 12.6 Å². The Morgan fingerprint density at radius 1 is 1.21 bits per heavy atom. The summed E-state index contributed by atoms with van der Waals surface area (Å²) in [4.78, 5) is 0. The van der Waals surface area contributed by atoms with Crippen molar-refractivity contribution < 1.29 is 9.47 Å². The number of hydrogen-bond acceptors (Lipinski definition) is 3. The predicted octanol–water partition coefficient (Wildman–Crippen LogP) is 2.89. The second-order valence-corrected chi connectivity index (χ2v) is 5.08. The smallest absolute Gasteiger partial charge is 0.122 e. The van der Waals surface area contributed by atoms with Gasteiger partial charge in [0.2, 0.25) is 0 Å². The van der Waals surface area contributed by atoms with Crippen LogP contribution >= 0.6 is 0 Å². The van der Waals surface area contributed by atoms with Crippen LogP contribution in [-0.4, -0.2) is 32.9 Å². The first-order valence-electron chi connectivity index (χ1n) is 7.04. The molecule has 0 saturated heterocycles. The van der Waals surface area contributed by atoms with E-state index in [4.69, 9.17) is 9.47 Å². The lowest BCUT2D eigenvalue weighted by atomic mass is 9.93. The van der Waals surface area contributed by atoms with Gasteiger partial charge in [0.05, 0.1) is 13.2 Å². The summed E-state index contributed by atoms with van der Waals surface area (Å²) >= 11 is 0. The van der Waals surface area contributed by atoms with E-state index in [0.29, 0.717) is 5.92 Å². The zero-order valence-electron chi connectivity index (χ0n) is 12.8. The molecule has 0 aliphatic carbocycles. The van der Waals surface area contributed by atoms with Gasteiger partial charge in [0.25, 0.3) is 0 Å². The molecular weight excluding hydrogens is 238 g/mol. The van der Waals surface area contributed by atoms with E-state index in [1.54, 1.807) is 7.11 Å². The molecule has 0 radical (unpaired) electrons. The molecule has 1 N–H and O–H groups in total. The van der Waals surface area contributed by atoms with Gasteiger partial charge >= 0.3 is 0 Å². The summed E-state index contributed by atoms with van der Waals surface area (Å²) in [5.41, 5.74) is 1.22. The van der Waals surface area contributed by atoms with Crippen LogP contribution in [0.2, 0.25) is 0 Å². The summed E-state index contributed by atoms with van der Waals surface area (Å²) in [7, 11) is 3.71. The highest BCUT2D eigenvalue weighted by atomic mass is 16.5. The van der Waals surface area contributed by atoms with Crippen molar-refractivity contribution in [2.24, 2.45) is 5.92 Å². The van der Waals surface area contributed by atoms with Crippen molar-refractivity contribution in [3.05, 3.63) is 29.8 Å². The quantitative estimate of drug-likeness (QED) is 0.784. The van der Waals surface area contributed by atoms with Crippen LogP contribution in [0.1, 0.15) is 26.3 Å². The van der Waals surface area contributed by atoms with Crippen molar-refractivity contribution >= 4 is 0 Å². The summed E-state index contributed by atoms with van der Waals surface area (Å²) in [5, 5.41) is 3.39. The fraction of sp³-hybridized carbons (Fsp3) is 0.625. The van der Waals surface area contributed by atoms with E-state index in [9.17, 15) is 0 Å². The van der Waals surface area contributed by atoms with E-state index in [2.05, 4.69) is 31.3 Å². The zero-order chi connectivity index (χ0) is 14.3. The Hall–Kier alpha value is -1.06. The number of hydrogen-bond donors (Lipinski definition) is 1. The van der Waals surface area contributed by atoms with Gasteiger partial charge in [-0.3, -0.25) is 0 Å². The van der Waals surface area contributed by atoms with Gasteiger partial charge in [-0.25, -0.2) is 0 Å². The minimum absolute atomic E-state index is 0.208. The van der Waals surface area contributed by atoms with Gasteiger partial charge in [-0.05, 0) is 37.9 Å². The Kier molecular flexibility index (Phi) is 6.89. The van der Waals surface area contributed by atoms with E-state index in [-0.39, 0.29) is 12.1 Å². The van der Waals surface area contributed by atoms with Crippen LogP contribution in [-0.2, 0) is 11.2 Å². The Balaban J connectivity index is 2.85. The Labute approximate surface area is 117 Å². The predicted molar refractivity (Wildman–Crippen MR) is 79.8 cm³/mol. The van der Waals surface area contributed by atoms with E-state index in [1.807, 2.05) is 26.1 Å². The van der Waals surface area contributed by atoms with Crippen molar-refractivity contribution in [2.75, 3.05) is 20.8 Å². The number of rotatable bonds is 8. The average molecular weight is 265 g/mol. The summed E-state index contributed by atoms with van der Waals surface area (Å²) < 4.78 is 11.3. The lowest BCUT2D eigenvalue weighted by molar-refractivity contribution is 0.00525. The van der Waals surface area contributed by atoms with Gasteiger partial charge in [-0.2, -0.15) is 0 Å². The topological polar surface area (TPSA) is 30.5 Å². The highest BCUT2D eigenvalue weighted by Crippen LogP contribution is 2.22. The van der Waals surface area contributed by atoms with Crippen LogP contribution < -0.4 is 10.1 Å². The summed E-state index contributed by atoms with van der Waals surface area (Å²) in [6.07, 6.45) is 1.11. The van der Waals surface area contributed by atoms with Crippen LogP contribution in [0, 0.1) is 5.92 Å². The van der Waals surface area contributed by atoms with Crippen molar-refractivity contribution in [1.29, 1.82) is 0 Å². The van der Waals surface area contributed by atoms with Crippen molar-refractivity contribution in [3.8, 4) is 5.75 Å². The van der Waals surface area contributed by atoms with Gasteiger partial charge in [-0.15, -0.1) is 0 Å². The Morgan fingerprint density at radius 3 is 2.42 bits per heavy atom. The summed E-state index contributed by atoms with van der Waals surface area (Å²) in [6.45, 7) is 7.19. The molecule has 19 heavy (non-hydrogen) atoms. The first-order chi connectivity index (χ1) is 9.13. The van der Waals surface area contributed by atoms with E-state index >= 15 is 0 Å². The van der Waals surface area contributed by atoms with E-state index in [1.165, 1.54) is 5.56 Å². The van der Waals surface area contributed by atoms with Gasteiger partial charge in [0.15, 0.2) is 0 Å². The van der Waals surface area contributed by atoms with Crippen molar-refractivity contribution in [3.63, 3.8) is 0 Å². The first kappa shape index (κ1) is 16.0. The van der Waals surface area contributed by atoms with Crippen LogP contribution in [0.25, 0.3) is 0 Å². The lowest BCUT2D eigenvalue weighted by Crippen LogP contribution is -2.44. The maximum atomic E-state index is 5.90.